The van der Waals surface area contributed by atoms with Crippen LogP contribution in [0.4, 0.5) is 0 Å². The zero-order valence-electron chi connectivity index (χ0n) is 19.1. The van der Waals surface area contributed by atoms with Crippen LogP contribution < -0.4 is 9.47 Å². The molecule has 6 heteroatoms. The minimum atomic E-state index is -0.576. The molecule has 1 atom stereocenters. The summed E-state index contributed by atoms with van der Waals surface area (Å²) in [6.45, 7) is 4.23. The van der Waals surface area contributed by atoms with Crippen molar-refractivity contribution in [2.75, 3.05) is 14.2 Å². The van der Waals surface area contributed by atoms with Crippen molar-refractivity contribution in [3.63, 3.8) is 0 Å². The molecule has 0 amide bonds. The molecule has 1 unspecified atom stereocenters. The molecule has 0 saturated heterocycles. The molecule has 170 valence electrons. The number of methoxy groups -OCH3 is 2. The monoisotopic (exact) mass is 430 g/mol. The molecule has 1 aliphatic rings. The molecule has 0 spiro atoms. The smallest absolute Gasteiger partial charge is 0.306 e. The molecule has 0 aromatic heterocycles. The summed E-state index contributed by atoms with van der Waals surface area (Å²) in [5.74, 6) is -0.345. The number of ketones is 2. The maximum atomic E-state index is 12.7. The van der Waals surface area contributed by atoms with E-state index in [-0.39, 0.29) is 40.2 Å². The summed E-state index contributed by atoms with van der Waals surface area (Å²) in [4.78, 5) is 37.7. The molecule has 0 saturated carbocycles. The van der Waals surface area contributed by atoms with E-state index in [1.54, 1.807) is 6.07 Å². The van der Waals surface area contributed by atoms with Gasteiger partial charge in [0.05, 0.1) is 25.3 Å². The van der Waals surface area contributed by atoms with Crippen LogP contribution >= 0.6 is 0 Å². The molecule has 0 bridgehead atoms. The molecule has 0 N–H and O–H groups in total. The summed E-state index contributed by atoms with van der Waals surface area (Å²) in [5.41, 5.74) is 0.921. The number of ether oxygens (including phenoxy) is 3. The number of rotatable bonds is 13. The standard InChI is InChI=1S/C25H34O6/c1-5-7-9-11-13-22(28)31-20(12-10-8-6-2)17-16-21(29-3)23-18(26)14-15-19(27)24(23)25(17)30-4/h14-16,20H,5-13H2,1-4H3. The predicted octanol–water partition coefficient (Wildman–Crippen LogP) is 5.77. The number of unbranched alkanes of at least 4 members (excludes halogenated alkanes) is 5. The fourth-order valence-corrected chi connectivity index (χ4v) is 3.85. The van der Waals surface area contributed by atoms with Gasteiger partial charge in [-0.3, -0.25) is 14.4 Å². The third-order valence-electron chi connectivity index (χ3n) is 5.50. The van der Waals surface area contributed by atoms with E-state index >= 15 is 0 Å². The highest BCUT2D eigenvalue weighted by Gasteiger charge is 2.33. The summed E-state index contributed by atoms with van der Waals surface area (Å²) in [6.07, 6.45) is 9.71. The Balaban J connectivity index is 2.42. The van der Waals surface area contributed by atoms with Crippen molar-refractivity contribution in [2.24, 2.45) is 0 Å². The first kappa shape index (κ1) is 24.6. The zero-order chi connectivity index (χ0) is 22.8. The van der Waals surface area contributed by atoms with Gasteiger partial charge in [0.2, 0.25) is 0 Å². The molecule has 1 aromatic rings. The second-order valence-electron chi connectivity index (χ2n) is 7.80. The summed E-state index contributed by atoms with van der Waals surface area (Å²) in [7, 11) is 2.91. The lowest BCUT2D eigenvalue weighted by Gasteiger charge is -2.25. The van der Waals surface area contributed by atoms with E-state index in [1.807, 2.05) is 0 Å². The van der Waals surface area contributed by atoms with E-state index in [0.717, 1.165) is 44.9 Å². The van der Waals surface area contributed by atoms with E-state index < -0.39 is 6.10 Å². The van der Waals surface area contributed by atoms with Crippen LogP contribution in [-0.4, -0.2) is 31.8 Å². The summed E-state index contributed by atoms with van der Waals surface area (Å²) in [5, 5.41) is 0. The van der Waals surface area contributed by atoms with Crippen molar-refractivity contribution in [3.8, 4) is 11.5 Å². The van der Waals surface area contributed by atoms with Gasteiger partial charge in [0, 0.05) is 12.0 Å². The Morgan fingerprint density at radius 2 is 1.52 bits per heavy atom. The van der Waals surface area contributed by atoms with Crippen LogP contribution in [0.15, 0.2) is 18.2 Å². The Kier molecular flexibility index (Phi) is 9.76. The number of hydrogen-bond donors (Lipinski definition) is 0. The van der Waals surface area contributed by atoms with Gasteiger partial charge < -0.3 is 14.2 Å². The Labute approximate surface area is 184 Å². The van der Waals surface area contributed by atoms with Crippen LogP contribution in [0.3, 0.4) is 0 Å². The Morgan fingerprint density at radius 3 is 2.13 bits per heavy atom. The number of fused-ring (bicyclic) bond motifs is 1. The fraction of sp³-hybridized carbons (Fsp3) is 0.560. The molecule has 31 heavy (non-hydrogen) atoms. The molecular weight excluding hydrogens is 396 g/mol. The second-order valence-corrected chi connectivity index (χ2v) is 7.80. The van der Waals surface area contributed by atoms with Gasteiger partial charge in [-0.2, -0.15) is 0 Å². The lowest BCUT2D eigenvalue weighted by Crippen LogP contribution is -2.19. The average Bonchev–Trinajstić information content (AvgIpc) is 2.77. The Bertz CT molecular complexity index is 824. The van der Waals surface area contributed by atoms with Crippen LogP contribution in [0.5, 0.6) is 11.5 Å². The van der Waals surface area contributed by atoms with Gasteiger partial charge in [-0.05, 0) is 37.5 Å². The van der Waals surface area contributed by atoms with Crippen molar-refractivity contribution < 1.29 is 28.6 Å². The van der Waals surface area contributed by atoms with E-state index in [9.17, 15) is 14.4 Å². The van der Waals surface area contributed by atoms with Crippen molar-refractivity contribution in [1.29, 1.82) is 0 Å². The summed E-state index contributed by atoms with van der Waals surface area (Å²) in [6, 6.07) is 1.67. The second kappa shape index (κ2) is 12.3. The highest BCUT2D eigenvalue weighted by molar-refractivity contribution is 6.24. The van der Waals surface area contributed by atoms with Gasteiger partial charge in [-0.1, -0.05) is 46.0 Å². The highest BCUT2D eigenvalue weighted by atomic mass is 16.5. The lowest BCUT2D eigenvalue weighted by atomic mass is 9.88. The van der Waals surface area contributed by atoms with Crippen LogP contribution in [0, 0.1) is 0 Å². The summed E-state index contributed by atoms with van der Waals surface area (Å²) >= 11 is 0. The first-order chi connectivity index (χ1) is 15.0. The fourth-order valence-electron chi connectivity index (χ4n) is 3.85. The quantitative estimate of drug-likeness (QED) is 0.292. The van der Waals surface area contributed by atoms with E-state index in [4.69, 9.17) is 14.2 Å². The molecule has 0 heterocycles. The molecule has 2 rings (SSSR count). The highest BCUT2D eigenvalue weighted by Crippen LogP contribution is 2.42. The molecular formula is C25H34O6. The van der Waals surface area contributed by atoms with Gasteiger partial charge >= 0.3 is 5.97 Å². The largest absolute Gasteiger partial charge is 0.496 e. The first-order valence-corrected chi connectivity index (χ1v) is 11.2. The molecule has 1 aliphatic carbocycles. The number of carbonyl (C=O) groups is 3. The number of hydrogen-bond acceptors (Lipinski definition) is 6. The number of carbonyl (C=O) groups excluding carboxylic acids is 3. The zero-order valence-corrected chi connectivity index (χ0v) is 19.1. The third-order valence-corrected chi connectivity index (χ3v) is 5.50. The molecule has 6 nitrogen and oxygen atoms in total. The minimum Gasteiger partial charge on any atom is -0.496 e. The SMILES string of the molecule is CCCCCCC(=O)OC(CCCCC)c1cc(OC)c2c(c1OC)C(=O)C=CC2=O. The van der Waals surface area contributed by atoms with Crippen LogP contribution in [0.2, 0.25) is 0 Å². The topological polar surface area (TPSA) is 78.9 Å². The van der Waals surface area contributed by atoms with Crippen molar-refractivity contribution in [1.82, 2.24) is 0 Å². The van der Waals surface area contributed by atoms with E-state index in [0.29, 0.717) is 18.4 Å². The van der Waals surface area contributed by atoms with Gasteiger partial charge in [-0.15, -0.1) is 0 Å². The average molecular weight is 431 g/mol. The van der Waals surface area contributed by atoms with Crippen LogP contribution in [0.25, 0.3) is 0 Å². The van der Waals surface area contributed by atoms with Gasteiger partial charge in [0.25, 0.3) is 0 Å². The third kappa shape index (κ3) is 6.18. The maximum absolute atomic E-state index is 12.7. The molecule has 0 radical (unpaired) electrons. The van der Waals surface area contributed by atoms with E-state index in [2.05, 4.69) is 13.8 Å². The molecule has 0 fully saturated rings. The number of esters is 1. The molecule has 1 aromatic carbocycles. The lowest BCUT2D eigenvalue weighted by molar-refractivity contribution is -0.150. The minimum absolute atomic E-state index is 0.170. The van der Waals surface area contributed by atoms with E-state index in [1.165, 1.54) is 26.4 Å². The first-order valence-electron chi connectivity index (χ1n) is 11.2. The van der Waals surface area contributed by atoms with Gasteiger partial charge in [0.1, 0.15) is 17.6 Å². The number of benzene rings is 1. The maximum Gasteiger partial charge on any atom is 0.306 e. The predicted molar refractivity (Wildman–Crippen MR) is 119 cm³/mol. The molecule has 0 aliphatic heterocycles. The summed E-state index contributed by atoms with van der Waals surface area (Å²) < 4.78 is 16.9. The van der Waals surface area contributed by atoms with Crippen molar-refractivity contribution in [2.45, 2.75) is 77.7 Å². The number of allylic oxidation sites excluding steroid dienone is 2. The Hall–Kier alpha value is -2.63. The van der Waals surface area contributed by atoms with Gasteiger partial charge in [-0.25, -0.2) is 0 Å². The van der Waals surface area contributed by atoms with Crippen LogP contribution in [0.1, 0.15) is 104 Å². The normalized spacial score (nSPS) is 13.7. The van der Waals surface area contributed by atoms with Crippen molar-refractivity contribution in [3.05, 3.63) is 34.9 Å². The van der Waals surface area contributed by atoms with Crippen LogP contribution in [-0.2, 0) is 9.53 Å². The van der Waals surface area contributed by atoms with Crippen molar-refractivity contribution >= 4 is 17.5 Å². The van der Waals surface area contributed by atoms with Gasteiger partial charge in [0.15, 0.2) is 11.6 Å². The Morgan fingerprint density at radius 1 is 0.871 bits per heavy atom.